The lowest BCUT2D eigenvalue weighted by Gasteiger charge is -2.28. The normalized spacial score (nSPS) is 17.9. The van der Waals surface area contributed by atoms with Crippen molar-refractivity contribution in [3.8, 4) is 0 Å². The number of methoxy groups -OCH3 is 1. The zero-order chi connectivity index (χ0) is 14.5. The maximum Gasteiger partial charge on any atom is 0.166 e. The molecule has 2 rings (SSSR count). The van der Waals surface area contributed by atoms with Crippen molar-refractivity contribution in [1.82, 2.24) is 0 Å². The third kappa shape index (κ3) is 3.80. The van der Waals surface area contributed by atoms with E-state index in [0.29, 0.717) is 10.6 Å². The van der Waals surface area contributed by atoms with Gasteiger partial charge in [-0.3, -0.25) is 4.79 Å². The lowest BCUT2D eigenvalue weighted by atomic mass is 9.82. The minimum Gasteiger partial charge on any atom is -0.373 e. The highest BCUT2D eigenvalue weighted by molar-refractivity contribution is 6.30. The van der Waals surface area contributed by atoms with Gasteiger partial charge in [0.1, 0.15) is 11.9 Å². The Kier molecular flexibility index (Phi) is 5.55. The van der Waals surface area contributed by atoms with Gasteiger partial charge in [0.25, 0.3) is 0 Å². The Morgan fingerprint density at radius 1 is 1.40 bits per heavy atom. The van der Waals surface area contributed by atoms with Crippen LogP contribution in [0.25, 0.3) is 0 Å². The highest BCUT2D eigenvalue weighted by atomic mass is 35.5. The Morgan fingerprint density at radius 3 is 2.75 bits per heavy atom. The van der Waals surface area contributed by atoms with E-state index in [1.54, 1.807) is 7.11 Å². The molecule has 0 heterocycles. The molecule has 110 valence electrons. The summed E-state index contributed by atoms with van der Waals surface area (Å²) in [6, 6.07) is 4.30. The van der Waals surface area contributed by atoms with Crippen LogP contribution in [-0.4, -0.2) is 19.0 Å². The molecule has 2 nitrogen and oxygen atoms in total. The monoisotopic (exact) mass is 298 g/mol. The van der Waals surface area contributed by atoms with E-state index in [-0.39, 0.29) is 23.9 Å². The molecule has 1 saturated carbocycles. The lowest BCUT2D eigenvalue weighted by Crippen LogP contribution is -2.34. The highest BCUT2D eigenvalue weighted by Crippen LogP contribution is 2.29. The van der Waals surface area contributed by atoms with Gasteiger partial charge >= 0.3 is 0 Å². The molecule has 1 aromatic carbocycles. The minimum atomic E-state index is -0.423. The summed E-state index contributed by atoms with van der Waals surface area (Å²) in [6.07, 6.45) is 5.16. The van der Waals surface area contributed by atoms with E-state index in [4.69, 9.17) is 16.3 Å². The third-order valence-corrected chi connectivity index (χ3v) is 4.26. The first-order chi connectivity index (χ1) is 9.61. The van der Waals surface area contributed by atoms with E-state index < -0.39 is 6.10 Å². The Morgan fingerprint density at radius 2 is 2.10 bits per heavy atom. The molecule has 1 aromatic rings. The number of carbonyl (C=O) groups is 1. The number of hydrogen-bond donors (Lipinski definition) is 0. The van der Waals surface area contributed by atoms with Gasteiger partial charge in [-0.15, -0.1) is 0 Å². The number of ketones is 1. The maximum atomic E-state index is 13.7. The van der Waals surface area contributed by atoms with E-state index in [9.17, 15) is 9.18 Å². The molecule has 4 heteroatoms. The average molecular weight is 299 g/mol. The average Bonchev–Trinajstić information content (AvgIpc) is 2.45. The van der Waals surface area contributed by atoms with Gasteiger partial charge < -0.3 is 4.74 Å². The first-order valence-electron chi connectivity index (χ1n) is 7.11. The maximum absolute atomic E-state index is 13.7. The van der Waals surface area contributed by atoms with Crippen molar-refractivity contribution in [2.45, 2.75) is 44.6 Å². The van der Waals surface area contributed by atoms with Crippen molar-refractivity contribution < 1.29 is 13.9 Å². The van der Waals surface area contributed by atoms with Gasteiger partial charge in [-0.2, -0.15) is 0 Å². The van der Waals surface area contributed by atoms with Crippen molar-refractivity contribution >= 4 is 17.4 Å². The van der Waals surface area contributed by atoms with Crippen molar-refractivity contribution in [2.24, 2.45) is 5.92 Å². The fourth-order valence-electron chi connectivity index (χ4n) is 2.99. The van der Waals surface area contributed by atoms with Crippen molar-refractivity contribution in [2.75, 3.05) is 7.11 Å². The van der Waals surface area contributed by atoms with Crippen LogP contribution in [0.15, 0.2) is 18.2 Å². The zero-order valence-corrected chi connectivity index (χ0v) is 12.5. The van der Waals surface area contributed by atoms with Gasteiger partial charge in [-0.25, -0.2) is 4.39 Å². The topological polar surface area (TPSA) is 26.3 Å². The van der Waals surface area contributed by atoms with Crippen LogP contribution in [-0.2, 0) is 16.0 Å². The van der Waals surface area contributed by atoms with Crippen molar-refractivity contribution in [3.63, 3.8) is 0 Å². The van der Waals surface area contributed by atoms with Crippen LogP contribution in [0.5, 0.6) is 0 Å². The number of halogens is 2. The summed E-state index contributed by atoms with van der Waals surface area (Å²) in [4.78, 5) is 12.4. The van der Waals surface area contributed by atoms with E-state index in [1.165, 1.54) is 24.6 Å². The molecule has 1 fully saturated rings. The van der Waals surface area contributed by atoms with Crippen LogP contribution in [0.1, 0.15) is 37.7 Å². The molecule has 1 aliphatic carbocycles. The van der Waals surface area contributed by atoms with E-state index in [0.717, 1.165) is 25.7 Å². The Hall–Kier alpha value is -0.930. The van der Waals surface area contributed by atoms with E-state index in [1.807, 2.05) is 0 Å². The number of rotatable bonds is 5. The number of carbonyl (C=O) groups excluding carboxylic acids is 1. The SMILES string of the molecule is COC(C(=O)Cc1cc(Cl)ccc1F)C1CCCCC1. The predicted molar refractivity (Wildman–Crippen MR) is 77.5 cm³/mol. The number of Topliss-reactive ketones (excluding diaryl/α,β-unsaturated/α-hetero) is 1. The molecular formula is C16H20ClFO2. The summed E-state index contributed by atoms with van der Waals surface area (Å²) in [7, 11) is 1.56. The predicted octanol–water partition coefficient (Wildman–Crippen LogP) is 4.19. The lowest BCUT2D eigenvalue weighted by molar-refractivity contribution is -0.132. The van der Waals surface area contributed by atoms with Crippen LogP contribution in [0.4, 0.5) is 4.39 Å². The summed E-state index contributed by atoms with van der Waals surface area (Å²) in [5, 5.41) is 0.445. The summed E-state index contributed by atoms with van der Waals surface area (Å²) in [5.41, 5.74) is 0.348. The molecular weight excluding hydrogens is 279 g/mol. The summed E-state index contributed by atoms with van der Waals surface area (Å²) in [5.74, 6) is -0.176. The van der Waals surface area contributed by atoms with Gasteiger partial charge in [-0.1, -0.05) is 30.9 Å². The third-order valence-electron chi connectivity index (χ3n) is 4.02. The molecule has 1 atom stereocenters. The molecule has 0 N–H and O–H groups in total. The van der Waals surface area contributed by atoms with Gasteiger partial charge in [0.2, 0.25) is 0 Å². The summed E-state index contributed by atoms with van der Waals surface area (Å²) >= 11 is 5.85. The smallest absolute Gasteiger partial charge is 0.166 e. The van der Waals surface area contributed by atoms with Gasteiger partial charge in [0.15, 0.2) is 5.78 Å². The zero-order valence-electron chi connectivity index (χ0n) is 11.7. The molecule has 0 spiro atoms. The first kappa shape index (κ1) is 15.5. The fraction of sp³-hybridized carbons (Fsp3) is 0.562. The second-order valence-corrected chi connectivity index (χ2v) is 5.87. The van der Waals surface area contributed by atoms with Crippen molar-refractivity contribution in [3.05, 3.63) is 34.6 Å². The van der Waals surface area contributed by atoms with Crippen LogP contribution in [0, 0.1) is 11.7 Å². The van der Waals surface area contributed by atoms with Crippen LogP contribution in [0.3, 0.4) is 0 Å². The fourth-order valence-corrected chi connectivity index (χ4v) is 3.19. The van der Waals surface area contributed by atoms with Crippen LogP contribution < -0.4 is 0 Å². The molecule has 1 unspecified atom stereocenters. The molecule has 0 aromatic heterocycles. The molecule has 1 aliphatic rings. The standard InChI is InChI=1S/C16H20ClFO2/c1-20-16(11-5-3-2-4-6-11)15(19)10-12-9-13(17)7-8-14(12)18/h7-9,11,16H,2-6,10H2,1H3. The van der Waals surface area contributed by atoms with Gasteiger partial charge in [0, 0.05) is 18.6 Å². The van der Waals surface area contributed by atoms with Crippen LogP contribution >= 0.6 is 11.6 Å². The number of benzene rings is 1. The molecule has 0 amide bonds. The summed E-state index contributed by atoms with van der Waals surface area (Å²) < 4.78 is 19.1. The molecule has 20 heavy (non-hydrogen) atoms. The Labute approximate surface area is 124 Å². The number of ether oxygens (including phenoxy) is 1. The molecule has 0 radical (unpaired) electrons. The largest absolute Gasteiger partial charge is 0.373 e. The molecule has 0 saturated heterocycles. The van der Waals surface area contributed by atoms with Gasteiger partial charge in [0.05, 0.1) is 0 Å². The number of hydrogen-bond acceptors (Lipinski definition) is 2. The highest BCUT2D eigenvalue weighted by Gasteiger charge is 2.29. The minimum absolute atomic E-state index is 0.0431. The quantitative estimate of drug-likeness (QED) is 0.815. The van der Waals surface area contributed by atoms with E-state index in [2.05, 4.69) is 0 Å². The molecule has 0 bridgehead atoms. The second-order valence-electron chi connectivity index (χ2n) is 5.43. The Balaban J connectivity index is 2.06. The van der Waals surface area contributed by atoms with Crippen LogP contribution in [0.2, 0.25) is 5.02 Å². The van der Waals surface area contributed by atoms with Crippen molar-refractivity contribution in [1.29, 1.82) is 0 Å². The molecule has 0 aliphatic heterocycles. The van der Waals surface area contributed by atoms with Gasteiger partial charge in [-0.05, 0) is 42.5 Å². The van der Waals surface area contributed by atoms with E-state index >= 15 is 0 Å². The summed E-state index contributed by atoms with van der Waals surface area (Å²) in [6.45, 7) is 0. The second kappa shape index (κ2) is 7.19. The Bertz CT molecular complexity index is 470. The first-order valence-corrected chi connectivity index (χ1v) is 7.49.